The summed E-state index contributed by atoms with van der Waals surface area (Å²) in [5.74, 6) is 0.549. The van der Waals surface area contributed by atoms with Crippen LogP contribution in [-0.2, 0) is 4.79 Å². The normalized spacial score (nSPS) is 16.2. The Morgan fingerprint density at radius 2 is 1.73 bits per heavy atom. The van der Waals surface area contributed by atoms with Gasteiger partial charge in [-0.05, 0) is 18.2 Å². The van der Waals surface area contributed by atoms with Crippen molar-refractivity contribution in [3.05, 3.63) is 51.5 Å². The van der Waals surface area contributed by atoms with Gasteiger partial charge in [-0.25, -0.2) is 4.79 Å². The third-order valence-corrected chi connectivity index (χ3v) is 3.97. The van der Waals surface area contributed by atoms with Gasteiger partial charge in [0, 0.05) is 6.07 Å². The van der Waals surface area contributed by atoms with Crippen molar-refractivity contribution in [1.82, 2.24) is 0 Å². The van der Waals surface area contributed by atoms with E-state index in [1.165, 1.54) is 12.1 Å². The summed E-state index contributed by atoms with van der Waals surface area (Å²) in [5, 5.41) is 0.692. The molecule has 7 heteroatoms. The zero-order chi connectivity index (χ0) is 15.7. The minimum Gasteiger partial charge on any atom is -0.485 e. The van der Waals surface area contributed by atoms with Crippen molar-refractivity contribution in [3.8, 4) is 17.2 Å². The SMILES string of the molecule is O=C(Oc1cc(Cl)c(Cl)cc1Cl)[C@@H]1COc2ccccc2O1. The van der Waals surface area contributed by atoms with E-state index in [0.29, 0.717) is 11.5 Å². The molecule has 0 unspecified atom stereocenters. The fourth-order valence-electron chi connectivity index (χ4n) is 1.89. The van der Waals surface area contributed by atoms with Gasteiger partial charge < -0.3 is 14.2 Å². The smallest absolute Gasteiger partial charge is 0.356 e. The quantitative estimate of drug-likeness (QED) is 0.453. The maximum atomic E-state index is 12.2. The number of hydrogen-bond donors (Lipinski definition) is 0. The Kier molecular flexibility index (Phi) is 4.34. The number of halogens is 3. The van der Waals surface area contributed by atoms with Crippen molar-refractivity contribution in [2.45, 2.75) is 6.10 Å². The van der Waals surface area contributed by atoms with E-state index in [1.54, 1.807) is 18.2 Å². The maximum Gasteiger partial charge on any atom is 0.356 e. The molecule has 0 amide bonds. The third-order valence-electron chi connectivity index (χ3n) is 2.96. The number of carbonyl (C=O) groups is 1. The topological polar surface area (TPSA) is 44.8 Å². The minimum atomic E-state index is -0.888. The van der Waals surface area contributed by atoms with Crippen molar-refractivity contribution in [3.63, 3.8) is 0 Å². The van der Waals surface area contributed by atoms with E-state index in [1.807, 2.05) is 6.07 Å². The summed E-state index contributed by atoms with van der Waals surface area (Å²) < 4.78 is 16.2. The van der Waals surface area contributed by atoms with Crippen LogP contribution in [0.5, 0.6) is 17.2 Å². The second kappa shape index (κ2) is 6.24. The lowest BCUT2D eigenvalue weighted by Gasteiger charge is -2.25. The molecule has 1 aliphatic rings. The molecule has 0 N–H and O–H groups in total. The first-order valence-corrected chi connectivity index (χ1v) is 7.42. The Bertz CT molecular complexity index is 733. The van der Waals surface area contributed by atoms with E-state index in [4.69, 9.17) is 49.0 Å². The fraction of sp³-hybridized carbons (Fsp3) is 0.133. The molecule has 1 heterocycles. The van der Waals surface area contributed by atoms with Crippen LogP contribution in [0.1, 0.15) is 0 Å². The molecule has 2 aromatic rings. The molecule has 1 aliphatic heterocycles. The highest BCUT2D eigenvalue weighted by Gasteiger charge is 2.29. The molecule has 0 radical (unpaired) electrons. The highest BCUT2D eigenvalue weighted by molar-refractivity contribution is 6.43. The molecule has 114 valence electrons. The predicted octanol–water partition coefficient (Wildman–Crippen LogP) is 4.39. The van der Waals surface area contributed by atoms with Crippen LogP contribution in [0, 0.1) is 0 Å². The Labute approximate surface area is 141 Å². The first-order chi connectivity index (χ1) is 10.5. The average Bonchev–Trinajstić information content (AvgIpc) is 2.52. The standard InChI is InChI=1S/C15H9Cl3O4/c16-8-5-10(18)13(6-9(8)17)22-15(19)14-7-20-11-3-1-2-4-12(11)21-14/h1-6,14H,7H2/t14-/m0/s1. The van der Waals surface area contributed by atoms with E-state index in [2.05, 4.69) is 0 Å². The first kappa shape index (κ1) is 15.3. The van der Waals surface area contributed by atoms with Crippen LogP contribution < -0.4 is 14.2 Å². The summed E-state index contributed by atoms with van der Waals surface area (Å²) >= 11 is 17.7. The predicted molar refractivity (Wildman–Crippen MR) is 83.5 cm³/mol. The van der Waals surface area contributed by atoms with Crippen LogP contribution in [0.25, 0.3) is 0 Å². The lowest BCUT2D eigenvalue weighted by molar-refractivity contribution is -0.144. The van der Waals surface area contributed by atoms with E-state index in [0.717, 1.165) is 0 Å². The Balaban J connectivity index is 1.75. The number of ether oxygens (including phenoxy) is 3. The molecule has 1 atom stereocenters. The van der Waals surface area contributed by atoms with Gasteiger partial charge in [-0.3, -0.25) is 0 Å². The largest absolute Gasteiger partial charge is 0.485 e. The number of para-hydroxylation sites is 2. The molecule has 4 nitrogen and oxygen atoms in total. The summed E-state index contributed by atoms with van der Waals surface area (Å²) in [6.07, 6.45) is -0.888. The zero-order valence-corrected chi connectivity index (χ0v) is 13.3. The first-order valence-electron chi connectivity index (χ1n) is 6.29. The molecule has 0 saturated heterocycles. The summed E-state index contributed by atoms with van der Waals surface area (Å²) in [7, 11) is 0. The van der Waals surface area contributed by atoms with Gasteiger partial charge in [0.15, 0.2) is 17.2 Å². The van der Waals surface area contributed by atoms with Gasteiger partial charge in [-0.15, -0.1) is 0 Å². The van der Waals surface area contributed by atoms with Crippen LogP contribution in [0.15, 0.2) is 36.4 Å². The van der Waals surface area contributed by atoms with Gasteiger partial charge >= 0.3 is 5.97 Å². The number of hydrogen-bond acceptors (Lipinski definition) is 4. The maximum absolute atomic E-state index is 12.2. The number of benzene rings is 2. The van der Waals surface area contributed by atoms with Crippen molar-refractivity contribution in [2.24, 2.45) is 0 Å². The van der Waals surface area contributed by atoms with Gasteiger partial charge in [0.25, 0.3) is 0 Å². The third kappa shape index (κ3) is 3.09. The van der Waals surface area contributed by atoms with Crippen LogP contribution in [0.4, 0.5) is 0 Å². The van der Waals surface area contributed by atoms with Gasteiger partial charge in [0.05, 0.1) is 15.1 Å². The summed E-state index contributed by atoms with van der Waals surface area (Å²) in [4.78, 5) is 12.2. The number of carbonyl (C=O) groups excluding carboxylic acids is 1. The fourth-order valence-corrected chi connectivity index (χ4v) is 2.47. The van der Waals surface area contributed by atoms with E-state index in [-0.39, 0.29) is 27.4 Å². The Morgan fingerprint density at radius 3 is 2.50 bits per heavy atom. The van der Waals surface area contributed by atoms with Crippen molar-refractivity contribution >= 4 is 40.8 Å². The highest BCUT2D eigenvalue weighted by atomic mass is 35.5. The second-order valence-electron chi connectivity index (χ2n) is 4.48. The molecular weight excluding hydrogens is 351 g/mol. The molecule has 0 fully saturated rings. The summed E-state index contributed by atoms with van der Waals surface area (Å²) in [6.45, 7) is 0.0504. The molecule has 0 aliphatic carbocycles. The zero-order valence-electron chi connectivity index (χ0n) is 11.0. The van der Waals surface area contributed by atoms with Crippen molar-refractivity contribution in [1.29, 1.82) is 0 Å². The summed E-state index contributed by atoms with van der Waals surface area (Å²) in [5.41, 5.74) is 0. The van der Waals surface area contributed by atoms with Crippen LogP contribution in [0.2, 0.25) is 15.1 Å². The summed E-state index contributed by atoms with van der Waals surface area (Å²) in [6, 6.07) is 9.85. The van der Waals surface area contributed by atoms with E-state index < -0.39 is 12.1 Å². The van der Waals surface area contributed by atoms with Gasteiger partial charge in [0.2, 0.25) is 6.10 Å². The molecule has 0 aromatic heterocycles. The number of rotatable bonds is 2. The molecular formula is C15H9Cl3O4. The van der Waals surface area contributed by atoms with Crippen molar-refractivity contribution in [2.75, 3.05) is 6.61 Å². The molecule has 2 aromatic carbocycles. The van der Waals surface area contributed by atoms with Crippen molar-refractivity contribution < 1.29 is 19.0 Å². The highest BCUT2D eigenvalue weighted by Crippen LogP contribution is 2.35. The lowest BCUT2D eigenvalue weighted by Crippen LogP contribution is -2.39. The second-order valence-corrected chi connectivity index (χ2v) is 5.70. The van der Waals surface area contributed by atoms with Gasteiger partial charge in [-0.2, -0.15) is 0 Å². The van der Waals surface area contributed by atoms with Crippen LogP contribution in [-0.4, -0.2) is 18.7 Å². The van der Waals surface area contributed by atoms with Gasteiger partial charge in [0.1, 0.15) is 6.61 Å². The molecule has 0 saturated carbocycles. The number of esters is 1. The van der Waals surface area contributed by atoms with Crippen LogP contribution >= 0.6 is 34.8 Å². The van der Waals surface area contributed by atoms with E-state index >= 15 is 0 Å². The number of fused-ring (bicyclic) bond motifs is 1. The molecule has 0 spiro atoms. The molecule has 22 heavy (non-hydrogen) atoms. The average molecular weight is 360 g/mol. The Hall–Kier alpha value is -1.62. The van der Waals surface area contributed by atoms with E-state index in [9.17, 15) is 4.79 Å². The lowest BCUT2D eigenvalue weighted by atomic mass is 10.2. The molecule has 0 bridgehead atoms. The monoisotopic (exact) mass is 358 g/mol. The van der Waals surface area contributed by atoms with Gasteiger partial charge in [-0.1, -0.05) is 46.9 Å². The Morgan fingerprint density at radius 1 is 1.05 bits per heavy atom. The minimum absolute atomic E-state index is 0.0504. The molecule has 3 rings (SSSR count). The van der Waals surface area contributed by atoms with Crippen LogP contribution in [0.3, 0.4) is 0 Å².